The molecule has 0 spiro atoms. The highest BCUT2D eigenvalue weighted by Crippen LogP contribution is 2.21. The number of carbonyl (C=O) groups is 1. The first-order chi connectivity index (χ1) is 11.1. The quantitative estimate of drug-likeness (QED) is 0.520. The Kier molecular flexibility index (Phi) is 4.91. The largest absolute Gasteiger partial charge is 0.462 e. The monoisotopic (exact) mass is 319 g/mol. The van der Waals surface area contributed by atoms with E-state index in [1.807, 2.05) is 0 Å². The lowest BCUT2D eigenvalue weighted by molar-refractivity contribution is -0.940. The van der Waals surface area contributed by atoms with E-state index < -0.39 is 4.92 Å². The van der Waals surface area contributed by atoms with Gasteiger partial charge in [-0.15, -0.1) is 0 Å². The lowest BCUT2D eigenvalue weighted by Crippen LogP contribution is -3.18. The van der Waals surface area contributed by atoms with Gasteiger partial charge in [-0.2, -0.15) is 0 Å². The van der Waals surface area contributed by atoms with E-state index in [4.69, 9.17) is 4.74 Å². The number of nitrogens with zero attached hydrogens (tertiary/aromatic N) is 1. The first-order valence-corrected chi connectivity index (χ1v) is 8.41. The molecule has 2 aliphatic heterocycles. The molecule has 1 aromatic carbocycles. The van der Waals surface area contributed by atoms with Crippen molar-refractivity contribution in [1.82, 2.24) is 0 Å². The Bertz CT molecular complexity index is 570. The molecule has 0 bridgehead atoms. The van der Waals surface area contributed by atoms with Gasteiger partial charge in [0, 0.05) is 18.1 Å². The summed E-state index contributed by atoms with van der Waals surface area (Å²) >= 11 is 0. The average Bonchev–Trinajstić information content (AvgIpc) is 2.59. The van der Waals surface area contributed by atoms with E-state index in [9.17, 15) is 14.9 Å². The van der Waals surface area contributed by atoms with Gasteiger partial charge in [-0.05, 0) is 44.2 Å². The summed E-state index contributed by atoms with van der Waals surface area (Å²) in [6, 6.07) is 6.22. The predicted molar refractivity (Wildman–Crippen MR) is 84.4 cm³/mol. The highest BCUT2D eigenvalue weighted by atomic mass is 16.6. The number of hydrogen-bond donors (Lipinski definition) is 1. The second-order valence-electron chi connectivity index (χ2n) is 6.57. The van der Waals surface area contributed by atoms with Crippen LogP contribution in [-0.4, -0.2) is 36.6 Å². The van der Waals surface area contributed by atoms with E-state index >= 15 is 0 Å². The summed E-state index contributed by atoms with van der Waals surface area (Å²) < 4.78 is 5.49. The minimum atomic E-state index is -0.475. The Morgan fingerprint density at radius 2 is 1.91 bits per heavy atom. The molecular formula is C17H23N2O4+. The Morgan fingerprint density at radius 3 is 2.65 bits per heavy atom. The Morgan fingerprint density at radius 1 is 1.17 bits per heavy atom. The van der Waals surface area contributed by atoms with Crippen LogP contribution in [-0.2, 0) is 4.74 Å². The third-order valence-corrected chi connectivity index (χ3v) is 5.17. The second-order valence-corrected chi connectivity index (χ2v) is 6.57. The molecule has 0 radical (unpaired) electrons. The fraction of sp³-hybridized carbons (Fsp3) is 0.588. The van der Waals surface area contributed by atoms with Crippen molar-refractivity contribution >= 4 is 11.7 Å². The van der Waals surface area contributed by atoms with Gasteiger partial charge in [-0.1, -0.05) is 0 Å². The van der Waals surface area contributed by atoms with Crippen LogP contribution in [0.3, 0.4) is 0 Å². The molecular weight excluding hydrogens is 296 g/mol. The molecule has 0 aliphatic carbocycles. The minimum absolute atomic E-state index is 0.0183. The molecule has 124 valence electrons. The van der Waals surface area contributed by atoms with Gasteiger partial charge in [0.25, 0.3) is 5.69 Å². The highest BCUT2D eigenvalue weighted by molar-refractivity contribution is 5.89. The molecule has 2 saturated heterocycles. The Balaban J connectivity index is 1.56. The van der Waals surface area contributed by atoms with Gasteiger partial charge in [0.05, 0.1) is 29.6 Å². The summed E-state index contributed by atoms with van der Waals surface area (Å²) in [5, 5.41) is 10.6. The molecule has 6 nitrogen and oxygen atoms in total. The SMILES string of the molecule is O=C(OC[C@@H]1CCC[NH+]2CCCC[C@@H]12)c1ccc([N+](=O)[O-])cc1. The topological polar surface area (TPSA) is 73.9 Å². The number of nitro groups is 1. The van der Waals surface area contributed by atoms with Crippen LogP contribution < -0.4 is 4.90 Å². The molecule has 2 heterocycles. The molecule has 6 heteroatoms. The van der Waals surface area contributed by atoms with Gasteiger partial charge < -0.3 is 9.64 Å². The maximum atomic E-state index is 12.1. The summed E-state index contributed by atoms with van der Waals surface area (Å²) in [5.41, 5.74) is 0.356. The molecule has 2 fully saturated rings. The number of ether oxygens (including phenoxy) is 1. The van der Waals surface area contributed by atoms with Gasteiger partial charge in [0.1, 0.15) is 6.61 Å². The van der Waals surface area contributed by atoms with Crippen molar-refractivity contribution in [2.75, 3.05) is 19.7 Å². The van der Waals surface area contributed by atoms with Crippen molar-refractivity contribution in [3.8, 4) is 0 Å². The van der Waals surface area contributed by atoms with Crippen molar-refractivity contribution in [1.29, 1.82) is 0 Å². The number of carbonyl (C=O) groups excluding carboxylic acids is 1. The van der Waals surface area contributed by atoms with E-state index in [2.05, 4.69) is 0 Å². The zero-order valence-corrected chi connectivity index (χ0v) is 13.2. The molecule has 1 unspecified atom stereocenters. The van der Waals surface area contributed by atoms with Crippen molar-refractivity contribution in [3.63, 3.8) is 0 Å². The standard InChI is InChI=1S/C17H22N2O4/c20-17(13-6-8-15(9-7-13)19(21)22)23-12-14-4-3-11-18-10-2-1-5-16(14)18/h6-9,14,16H,1-5,10-12H2/p+1/t14-,16-/m0/s1. The number of fused-ring (bicyclic) bond motifs is 1. The first kappa shape index (κ1) is 15.9. The van der Waals surface area contributed by atoms with Crippen LogP contribution in [0.2, 0.25) is 0 Å². The fourth-order valence-electron chi connectivity index (χ4n) is 3.96. The van der Waals surface area contributed by atoms with E-state index in [0.717, 1.165) is 6.42 Å². The summed E-state index contributed by atoms with van der Waals surface area (Å²) in [7, 11) is 0. The van der Waals surface area contributed by atoms with Crippen LogP contribution in [0, 0.1) is 16.0 Å². The molecule has 1 aromatic rings. The number of benzene rings is 1. The maximum Gasteiger partial charge on any atom is 0.338 e. The Labute approximate surface area is 135 Å². The third-order valence-electron chi connectivity index (χ3n) is 5.17. The zero-order chi connectivity index (χ0) is 16.2. The summed E-state index contributed by atoms with van der Waals surface area (Å²) in [6.07, 6.45) is 6.14. The van der Waals surface area contributed by atoms with Gasteiger partial charge in [0.15, 0.2) is 0 Å². The van der Waals surface area contributed by atoms with E-state index in [1.54, 1.807) is 4.90 Å². The number of nitrogens with one attached hydrogen (secondary N) is 1. The average molecular weight is 319 g/mol. The van der Waals surface area contributed by atoms with Crippen LogP contribution in [0.15, 0.2) is 24.3 Å². The molecule has 23 heavy (non-hydrogen) atoms. The minimum Gasteiger partial charge on any atom is -0.462 e. The second kappa shape index (κ2) is 7.08. The predicted octanol–water partition coefficient (Wildman–Crippen LogP) is 1.60. The van der Waals surface area contributed by atoms with E-state index in [1.165, 1.54) is 63.0 Å². The summed E-state index contributed by atoms with van der Waals surface area (Å²) in [6.45, 7) is 2.96. The highest BCUT2D eigenvalue weighted by Gasteiger charge is 2.37. The van der Waals surface area contributed by atoms with Crippen molar-refractivity contribution < 1.29 is 19.4 Å². The fourth-order valence-corrected chi connectivity index (χ4v) is 3.96. The van der Waals surface area contributed by atoms with Crippen molar-refractivity contribution in [2.45, 2.75) is 38.1 Å². The normalized spacial score (nSPS) is 27.0. The number of quaternary nitrogens is 1. The number of piperidine rings is 2. The Hall–Kier alpha value is -1.95. The number of nitro benzene ring substituents is 1. The lowest BCUT2D eigenvalue weighted by atomic mass is 9.84. The molecule has 1 N–H and O–H groups in total. The number of rotatable bonds is 4. The molecule has 0 aromatic heterocycles. The van der Waals surface area contributed by atoms with Crippen LogP contribution >= 0.6 is 0 Å². The van der Waals surface area contributed by atoms with E-state index in [-0.39, 0.29) is 11.7 Å². The molecule has 3 rings (SSSR count). The maximum absolute atomic E-state index is 12.1. The third kappa shape index (κ3) is 3.69. The van der Waals surface area contributed by atoms with Gasteiger partial charge in [-0.25, -0.2) is 4.79 Å². The van der Waals surface area contributed by atoms with Crippen molar-refractivity contribution in [2.24, 2.45) is 5.92 Å². The molecule has 2 aliphatic rings. The summed E-state index contributed by atoms with van der Waals surface area (Å²) in [5.74, 6) is 0.0591. The van der Waals surface area contributed by atoms with Gasteiger partial charge in [-0.3, -0.25) is 10.1 Å². The number of non-ortho nitro benzene ring substituents is 1. The number of esters is 1. The first-order valence-electron chi connectivity index (χ1n) is 8.41. The summed E-state index contributed by atoms with van der Waals surface area (Å²) in [4.78, 5) is 24.0. The molecule has 0 saturated carbocycles. The molecule has 0 amide bonds. The van der Waals surface area contributed by atoms with Crippen LogP contribution in [0.1, 0.15) is 42.5 Å². The van der Waals surface area contributed by atoms with Crippen LogP contribution in [0.5, 0.6) is 0 Å². The van der Waals surface area contributed by atoms with Crippen LogP contribution in [0.4, 0.5) is 5.69 Å². The lowest BCUT2D eigenvalue weighted by Gasteiger charge is -2.40. The van der Waals surface area contributed by atoms with Crippen molar-refractivity contribution in [3.05, 3.63) is 39.9 Å². The van der Waals surface area contributed by atoms with E-state index in [0.29, 0.717) is 24.1 Å². The zero-order valence-electron chi connectivity index (χ0n) is 13.2. The van der Waals surface area contributed by atoms with Crippen LogP contribution in [0.25, 0.3) is 0 Å². The number of hydrogen-bond acceptors (Lipinski definition) is 4. The van der Waals surface area contributed by atoms with Gasteiger partial charge in [0.2, 0.25) is 0 Å². The van der Waals surface area contributed by atoms with Gasteiger partial charge >= 0.3 is 5.97 Å². The smallest absolute Gasteiger partial charge is 0.338 e. The molecule has 3 atom stereocenters.